The normalized spacial score (nSPS) is 11.3. The quantitative estimate of drug-likeness (QED) is 0.0882. The maximum absolute atomic E-state index is 12.8. The van der Waals surface area contributed by atoms with Gasteiger partial charge in [-0.25, -0.2) is 17.9 Å². The third kappa shape index (κ3) is 6.57. The van der Waals surface area contributed by atoms with Crippen LogP contribution in [0.15, 0.2) is 53.3 Å². The monoisotopic (exact) mass is 651 g/mol. The minimum absolute atomic E-state index is 0.223. The van der Waals surface area contributed by atoms with Gasteiger partial charge >= 0.3 is 6.03 Å². The molecule has 0 unspecified atom stereocenters. The number of anilines is 2. The van der Waals surface area contributed by atoms with Crippen LogP contribution in [0.4, 0.5) is 16.3 Å². The number of halogens is 2. The molecule has 200 valence electrons. The summed E-state index contributed by atoms with van der Waals surface area (Å²) in [6.07, 6.45) is 2.12. The molecule has 2 aromatic heterocycles. The number of aromatic nitrogens is 3. The summed E-state index contributed by atoms with van der Waals surface area (Å²) in [7, 11) is 1.56. The van der Waals surface area contributed by atoms with Crippen LogP contribution in [-0.2, 0) is 5.41 Å². The second-order valence-corrected chi connectivity index (χ2v) is 10.6. The molecule has 0 radical (unpaired) electrons. The van der Waals surface area contributed by atoms with Crippen molar-refractivity contribution >= 4 is 62.9 Å². The summed E-state index contributed by atoms with van der Waals surface area (Å²) in [4.78, 5) is 21.5. The Bertz CT molecular complexity index is 1420. The first-order valence-corrected chi connectivity index (χ1v) is 13.2. The van der Waals surface area contributed by atoms with Crippen molar-refractivity contribution in [3.8, 4) is 23.1 Å². The minimum Gasteiger partial charge on any atom is -0.493 e. The Morgan fingerprint density at radius 2 is 1.97 bits per heavy atom. The van der Waals surface area contributed by atoms with Gasteiger partial charge in [-0.1, -0.05) is 32.0 Å². The Kier molecular flexibility index (Phi) is 8.77. The summed E-state index contributed by atoms with van der Waals surface area (Å²) in [5.74, 6) is 3.47. The molecule has 0 aliphatic heterocycles. The molecule has 0 fully saturated rings. The zero-order chi connectivity index (χ0) is 27.3. The number of methoxy groups -OCH3 is 1. The van der Waals surface area contributed by atoms with Crippen molar-refractivity contribution in [2.24, 2.45) is 0 Å². The second kappa shape index (κ2) is 12.0. The summed E-state index contributed by atoms with van der Waals surface area (Å²) in [5, 5.41) is 7.49. The molecule has 0 spiro atoms. The highest BCUT2D eigenvalue weighted by Crippen LogP contribution is 2.36. The zero-order valence-corrected chi connectivity index (χ0v) is 24.2. The Morgan fingerprint density at radius 3 is 2.68 bits per heavy atom. The molecule has 2 amide bonds. The minimum atomic E-state index is -0.393. The number of rotatable bonds is 9. The lowest BCUT2D eigenvalue weighted by atomic mass is 9.93. The van der Waals surface area contributed by atoms with Gasteiger partial charge in [0.05, 0.1) is 47.5 Å². The van der Waals surface area contributed by atoms with Gasteiger partial charge in [0.15, 0.2) is 17.3 Å². The Hall–Kier alpha value is -3.32. The summed E-state index contributed by atoms with van der Waals surface area (Å²) in [6, 6.07) is 11.9. The highest BCUT2D eigenvalue weighted by Gasteiger charge is 2.24. The van der Waals surface area contributed by atoms with E-state index in [2.05, 4.69) is 20.4 Å². The molecule has 1 N–H and O–H groups in total. The van der Waals surface area contributed by atoms with Crippen LogP contribution in [0.25, 0.3) is 10.9 Å². The van der Waals surface area contributed by atoms with Gasteiger partial charge in [-0.3, -0.25) is 0 Å². The number of fused-ring (bicyclic) bond motifs is 1. The molecule has 2 aromatic carbocycles. The second-order valence-electron chi connectivity index (χ2n) is 9.23. The maximum atomic E-state index is 12.8. The number of carbonyl (C=O) groups is 1. The van der Waals surface area contributed by atoms with Gasteiger partial charge in [0.1, 0.15) is 17.8 Å². The van der Waals surface area contributed by atoms with Crippen molar-refractivity contribution in [3.63, 3.8) is 0 Å². The van der Waals surface area contributed by atoms with E-state index in [-0.39, 0.29) is 5.41 Å². The lowest BCUT2D eigenvalue weighted by Crippen LogP contribution is -2.26. The van der Waals surface area contributed by atoms with Crippen LogP contribution in [0.3, 0.4) is 0 Å². The zero-order valence-electron chi connectivity index (χ0n) is 21.3. The largest absolute Gasteiger partial charge is 0.493 e. The Balaban J connectivity index is 1.51. The van der Waals surface area contributed by atoms with Crippen molar-refractivity contribution < 1.29 is 23.5 Å². The lowest BCUT2D eigenvalue weighted by Gasteiger charge is -2.15. The number of nitrogens with one attached hydrogen (secondary N) is 1. The molecule has 2 heterocycles. The molecule has 0 saturated carbocycles. The average Bonchev–Trinajstić information content (AvgIpc) is 3.39. The van der Waals surface area contributed by atoms with Gasteiger partial charge in [0.2, 0.25) is 5.88 Å². The highest BCUT2D eigenvalue weighted by molar-refractivity contribution is 14.1. The summed E-state index contributed by atoms with van der Waals surface area (Å²) < 4.78 is 24.1. The summed E-state index contributed by atoms with van der Waals surface area (Å²) >= 11 is 7.63. The first-order chi connectivity index (χ1) is 18.2. The molecule has 4 rings (SSSR count). The van der Waals surface area contributed by atoms with Crippen LogP contribution in [0, 0.1) is 0 Å². The Labute approximate surface area is 239 Å². The molecule has 0 atom stereocenters. The third-order valence-electron chi connectivity index (χ3n) is 5.34. The van der Waals surface area contributed by atoms with E-state index in [1.54, 1.807) is 49.6 Å². The van der Waals surface area contributed by atoms with Crippen molar-refractivity contribution in [1.29, 1.82) is 0 Å². The maximum Gasteiger partial charge on any atom is 0.336 e. The number of benzene rings is 2. The lowest BCUT2D eigenvalue weighted by molar-refractivity contribution is 0.260. The fourth-order valence-corrected chi connectivity index (χ4v) is 3.83. The van der Waals surface area contributed by atoms with Crippen LogP contribution >= 0.6 is 34.5 Å². The fourth-order valence-electron chi connectivity index (χ4n) is 3.37. The van der Waals surface area contributed by atoms with Gasteiger partial charge in [-0.15, -0.1) is 11.6 Å². The van der Waals surface area contributed by atoms with Crippen LogP contribution in [-0.4, -0.2) is 40.8 Å². The smallest absolute Gasteiger partial charge is 0.336 e. The molecular formula is C26H27ClIN5O5. The highest BCUT2D eigenvalue weighted by atomic mass is 127. The topological polar surface area (TPSA) is 112 Å². The van der Waals surface area contributed by atoms with Gasteiger partial charge in [0.25, 0.3) is 0 Å². The van der Waals surface area contributed by atoms with Crippen LogP contribution in [0.2, 0.25) is 0 Å². The van der Waals surface area contributed by atoms with Crippen molar-refractivity contribution in [2.45, 2.75) is 32.6 Å². The third-order valence-corrected chi connectivity index (χ3v) is 6.54. The molecule has 10 nitrogen and oxygen atoms in total. The van der Waals surface area contributed by atoms with E-state index in [1.807, 2.05) is 43.6 Å². The van der Waals surface area contributed by atoms with E-state index in [4.69, 9.17) is 30.3 Å². The van der Waals surface area contributed by atoms with E-state index < -0.39 is 6.03 Å². The molecule has 0 aliphatic carbocycles. The van der Waals surface area contributed by atoms with E-state index in [0.717, 1.165) is 0 Å². The fraction of sp³-hybridized carbons (Fsp3) is 0.308. The molecule has 38 heavy (non-hydrogen) atoms. The number of hydrogen-bond donors (Lipinski definition) is 1. The van der Waals surface area contributed by atoms with E-state index in [1.165, 1.54) is 9.44 Å². The predicted octanol–water partition coefficient (Wildman–Crippen LogP) is 7.11. The predicted molar refractivity (Wildman–Crippen MR) is 154 cm³/mol. The van der Waals surface area contributed by atoms with Gasteiger partial charge in [0, 0.05) is 35.2 Å². The number of hydrogen-bond acceptors (Lipinski definition) is 8. The van der Waals surface area contributed by atoms with Crippen LogP contribution in [0.5, 0.6) is 23.1 Å². The molecule has 4 aromatic rings. The number of amides is 2. The van der Waals surface area contributed by atoms with Crippen molar-refractivity contribution in [3.05, 3.63) is 54.6 Å². The number of alkyl halides is 1. The Morgan fingerprint density at radius 1 is 1.16 bits per heavy atom. The van der Waals surface area contributed by atoms with Gasteiger partial charge < -0.3 is 24.1 Å². The van der Waals surface area contributed by atoms with Gasteiger partial charge in [-0.2, -0.15) is 0 Å². The molecule has 12 heteroatoms. The molecule has 0 aliphatic rings. The number of urea groups is 1. The molecule has 0 saturated heterocycles. The van der Waals surface area contributed by atoms with Crippen molar-refractivity contribution in [2.75, 3.05) is 28.0 Å². The average molecular weight is 652 g/mol. The van der Waals surface area contributed by atoms with Crippen LogP contribution in [0.1, 0.15) is 33.0 Å². The van der Waals surface area contributed by atoms with Gasteiger partial charge in [-0.05, 0) is 24.6 Å². The summed E-state index contributed by atoms with van der Waals surface area (Å²) in [6.45, 7) is 6.48. The van der Waals surface area contributed by atoms with E-state index in [9.17, 15) is 4.79 Å². The van der Waals surface area contributed by atoms with E-state index in [0.29, 0.717) is 70.2 Å². The number of carbonyl (C=O) groups excluding carboxylic acids is 1. The molecular weight excluding hydrogens is 625 g/mol. The number of nitrogens with zero attached hydrogens (tertiary/aromatic N) is 4. The number of ether oxygens (including phenoxy) is 3. The first kappa shape index (κ1) is 27.7. The van der Waals surface area contributed by atoms with E-state index >= 15 is 0 Å². The van der Waals surface area contributed by atoms with Crippen molar-refractivity contribution in [1.82, 2.24) is 15.1 Å². The summed E-state index contributed by atoms with van der Waals surface area (Å²) in [5.41, 5.74) is 0.933. The van der Waals surface area contributed by atoms with Crippen LogP contribution < -0.4 is 22.6 Å². The molecule has 0 bridgehead atoms. The first-order valence-electron chi connectivity index (χ1n) is 11.7. The standard InChI is InChI=1S/C26H27ClIN5O5/c1-26(2,3)22-14-23(32-38-22)33(28)25(34)31-16-7-5-8-17(11-16)37-24-18-12-20(35-4)21(36-10-6-9-27)13-19(18)29-15-30-24/h5,7-8,11-15H,6,9-10H2,1-4H3,(H,31,34). The SMILES string of the molecule is COc1cc2c(Oc3cccc(NC(=O)N(I)c4cc(C(C)(C)C)on4)c3)ncnc2cc1OCCCCl.